The molecule has 0 aliphatic carbocycles. The first kappa shape index (κ1) is 20.6. The molecule has 7 nitrogen and oxygen atoms in total. The third kappa shape index (κ3) is 4.13. The van der Waals surface area contributed by atoms with Crippen molar-refractivity contribution in [1.29, 1.82) is 0 Å². The first-order valence-corrected chi connectivity index (χ1v) is 12.1. The average molecular weight is 447 g/mol. The third-order valence-electron chi connectivity index (χ3n) is 5.10. The van der Waals surface area contributed by atoms with Crippen LogP contribution in [0.4, 0.5) is 0 Å². The van der Waals surface area contributed by atoms with E-state index in [-0.39, 0.29) is 29.0 Å². The molecule has 1 aliphatic rings. The molecule has 1 unspecified atom stereocenters. The van der Waals surface area contributed by atoms with Crippen LogP contribution in [0.1, 0.15) is 24.4 Å². The van der Waals surface area contributed by atoms with Crippen molar-refractivity contribution in [3.05, 3.63) is 47.5 Å². The van der Waals surface area contributed by atoms with Gasteiger partial charge in [0, 0.05) is 19.5 Å². The zero-order valence-corrected chi connectivity index (χ0v) is 18.3. The Balaban J connectivity index is 1.42. The molecule has 0 spiro atoms. The van der Waals surface area contributed by atoms with Gasteiger partial charge in [-0.2, -0.15) is 0 Å². The maximum absolute atomic E-state index is 12.7. The van der Waals surface area contributed by atoms with Gasteiger partial charge in [-0.05, 0) is 31.2 Å². The summed E-state index contributed by atoms with van der Waals surface area (Å²) >= 11 is 1.54. The lowest BCUT2D eigenvalue weighted by molar-refractivity contribution is -0.131. The Kier molecular flexibility index (Phi) is 5.66. The maximum Gasteiger partial charge on any atom is 0.223 e. The number of nitrogens with zero attached hydrogens (tertiary/aromatic N) is 2. The normalized spacial score (nSPS) is 14.5. The molecule has 1 amide bonds. The van der Waals surface area contributed by atoms with Crippen LogP contribution >= 0.6 is 11.3 Å². The molecule has 3 aromatic rings. The Hall–Kier alpha value is -2.65. The van der Waals surface area contributed by atoms with Gasteiger partial charge < -0.3 is 14.4 Å². The van der Waals surface area contributed by atoms with Crippen LogP contribution in [0.25, 0.3) is 10.2 Å². The van der Waals surface area contributed by atoms with Gasteiger partial charge in [0.05, 0.1) is 26.9 Å². The Morgan fingerprint density at radius 1 is 1.17 bits per heavy atom. The number of benzene rings is 2. The molecule has 0 fully saturated rings. The molecule has 0 saturated carbocycles. The Labute approximate surface area is 179 Å². The highest BCUT2D eigenvalue weighted by Gasteiger charge is 2.24. The van der Waals surface area contributed by atoms with E-state index in [2.05, 4.69) is 4.98 Å². The molecule has 30 heavy (non-hydrogen) atoms. The van der Waals surface area contributed by atoms with E-state index in [0.717, 1.165) is 15.2 Å². The number of aromatic nitrogens is 1. The van der Waals surface area contributed by atoms with E-state index in [9.17, 15) is 13.2 Å². The minimum absolute atomic E-state index is 0.109. The fourth-order valence-corrected chi connectivity index (χ4v) is 5.49. The number of carbonyl (C=O) groups is 1. The van der Waals surface area contributed by atoms with Crippen LogP contribution in [-0.2, 0) is 14.6 Å². The number of carbonyl (C=O) groups excluding carboxylic acids is 1. The summed E-state index contributed by atoms with van der Waals surface area (Å²) in [5, 5.41) is 0.821. The largest absolute Gasteiger partial charge is 0.486 e. The predicted molar refractivity (Wildman–Crippen MR) is 115 cm³/mol. The quantitative estimate of drug-likeness (QED) is 0.577. The molecule has 158 valence electrons. The molecule has 4 rings (SSSR count). The second-order valence-electron chi connectivity index (χ2n) is 7.07. The van der Waals surface area contributed by atoms with Gasteiger partial charge in [0.1, 0.15) is 18.2 Å². The molecule has 1 aromatic heterocycles. The highest BCUT2D eigenvalue weighted by Crippen LogP contribution is 2.33. The molecule has 1 aliphatic heterocycles. The van der Waals surface area contributed by atoms with Crippen molar-refractivity contribution in [2.45, 2.75) is 24.3 Å². The summed E-state index contributed by atoms with van der Waals surface area (Å²) in [6, 6.07) is 12.1. The van der Waals surface area contributed by atoms with E-state index in [1.807, 2.05) is 31.2 Å². The van der Waals surface area contributed by atoms with Gasteiger partial charge in [0.2, 0.25) is 5.91 Å². The average Bonchev–Trinajstić information content (AvgIpc) is 3.20. The lowest BCUT2D eigenvalue weighted by atomic mass is 10.3. The fourth-order valence-electron chi connectivity index (χ4n) is 3.18. The number of amides is 1. The number of ether oxygens (including phenoxy) is 2. The van der Waals surface area contributed by atoms with Crippen LogP contribution in [0.15, 0.2) is 47.4 Å². The summed E-state index contributed by atoms with van der Waals surface area (Å²) in [5.41, 5.74) is 0.895. The Morgan fingerprint density at radius 2 is 1.90 bits per heavy atom. The smallest absolute Gasteiger partial charge is 0.223 e. The van der Waals surface area contributed by atoms with Crippen LogP contribution < -0.4 is 9.47 Å². The monoisotopic (exact) mass is 446 g/mol. The minimum Gasteiger partial charge on any atom is -0.486 e. The Bertz CT molecular complexity index is 1160. The van der Waals surface area contributed by atoms with Crippen LogP contribution in [0, 0.1) is 0 Å². The predicted octanol–water partition coefficient (Wildman–Crippen LogP) is 3.45. The van der Waals surface area contributed by atoms with E-state index >= 15 is 0 Å². The van der Waals surface area contributed by atoms with E-state index in [4.69, 9.17) is 9.47 Å². The van der Waals surface area contributed by atoms with Gasteiger partial charge in [0.25, 0.3) is 0 Å². The summed E-state index contributed by atoms with van der Waals surface area (Å²) < 4.78 is 37.4. The number of rotatable bonds is 6. The number of hydrogen-bond donors (Lipinski definition) is 0. The van der Waals surface area contributed by atoms with Crippen molar-refractivity contribution < 1.29 is 22.7 Å². The van der Waals surface area contributed by atoms with Gasteiger partial charge in [-0.3, -0.25) is 4.79 Å². The number of fused-ring (bicyclic) bond motifs is 2. The molecule has 2 aromatic carbocycles. The molecule has 9 heteroatoms. The third-order valence-corrected chi connectivity index (χ3v) is 8.02. The molecular formula is C21H22N2O5S2. The zero-order valence-electron chi connectivity index (χ0n) is 16.7. The summed E-state index contributed by atoms with van der Waals surface area (Å²) in [5.74, 6) is 0.418. The molecule has 2 heterocycles. The number of thiazole rings is 1. The molecule has 0 radical (unpaired) electrons. The highest BCUT2D eigenvalue weighted by atomic mass is 32.2. The zero-order chi connectivity index (χ0) is 21.3. The second kappa shape index (κ2) is 8.23. The van der Waals surface area contributed by atoms with Gasteiger partial charge >= 0.3 is 0 Å². The van der Waals surface area contributed by atoms with Gasteiger partial charge in [-0.15, -0.1) is 11.3 Å². The van der Waals surface area contributed by atoms with Crippen molar-refractivity contribution in [2.24, 2.45) is 0 Å². The van der Waals surface area contributed by atoms with Crippen molar-refractivity contribution in [2.75, 3.05) is 26.0 Å². The number of sulfone groups is 1. The summed E-state index contributed by atoms with van der Waals surface area (Å²) in [6.45, 7) is 2.71. The standard InChI is InChI=1S/C21H22N2O5S2/c1-14(21-22-16-5-3-4-6-19(16)29-21)23(2)20(24)9-12-30(25,26)15-7-8-17-18(13-15)28-11-10-27-17/h3-8,13-14H,9-12H2,1-2H3. The summed E-state index contributed by atoms with van der Waals surface area (Å²) in [6.07, 6.45) is -0.109. The lowest BCUT2D eigenvalue weighted by Crippen LogP contribution is -2.31. The molecular weight excluding hydrogens is 424 g/mol. The lowest BCUT2D eigenvalue weighted by Gasteiger charge is -2.23. The van der Waals surface area contributed by atoms with Crippen LogP contribution in [0.3, 0.4) is 0 Å². The van der Waals surface area contributed by atoms with Crippen molar-refractivity contribution >= 4 is 37.3 Å². The van der Waals surface area contributed by atoms with Crippen LogP contribution in [-0.4, -0.2) is 50.2 Å². The fraction of sp³-hybridized carbons (Fsp3) is 0.333. The van der Waals surface area contributed by atoms with Crippen LogP contribution in [0.5, 0.6) is 11.5 Å². The summed E-state index contributed by atoms with van der Waals surface area (Å²) in [4.78, 5) is 19.0. The Morgan fingerprint density at radius 3 is 2.67 bits per heavy atom. The van der Waals surface area contributed by atoms with Gasteiger partial charge in [-0.25, -0.2) is 13.4 Å². The number of hydrogen-bond acceptors (Lipinski definition) is 7. The second-order valence-corrected chi connectivity index (χ2v) is 10.2. The highest BCUT2D eigenvalue weighted by molar-refractivity contribution is 7.91. The molecule has 0 bridgehead atoms. The van der Waals surface area contributed by atoms with Crippen LogP contribution in [0.2, 0.25) is 0 Å². The van der Waals surface area contributed by atoms with Crippen molar-refractivity contribution in [3.63, 3.8) is 0 Å². The molecule has 0 saturated heterocycles. The first-order valence-electron chi connectivity index (χ1n) is 9.59. The summed E-state index contributed by atoms with van der Waals surface area (Å²) in [7, 11) is -1.95. The van der Waals surface area contributed by atoms with Crippen molar-refractivity contribution in [1.82, 2.24) is 9.88 Å². The molecule has 1 atom stereocenters. The van der Waals surface area contributed by atoms with E-state index in [0.29, 0.717) is 24.7 Å². The van der Waals surface area contributed by atoms with E-state index in [1.165, 1.54) is 23.5 Å². The molecule has 0 N–H and O–H groups in total. The van der Waals surface area contributed by atoms with E-state index in [1.54, 1.807) is 18.0 Å². The maximum atomic E-state index is 12.7. The van der Waals surface area contributed by atoms with Gasteiger partial charge in [0.15, 0.2) is 21.3 Å². The first-order chi connectivity index (χ1) is 14.3. The van der Waals surface area contributed by atoms with E-state index < -0.39 is 9.84 Å². The minimum atomic E-state index is -3.63. The van der Waals surface area contributed by atoms with Crippen molar-refractivity contribution in [3.8, 4) is 11.5 Å². The van der Waals surface area contributed by atoms with Gasteiger partial charge in [-0.1, -0.05) is 12.1 Å². The number of para-hydroxylation sites is 1. The topological polar surface area (TPSA) is 85.8 Å². The SMILES string of the molecule is CC(c1nc2ccccc2s1)N(C)C(=O)CCS(=O)(=O)c1ccc2c(c1)OCCO2.